The van der Waals surface area contributed by atoms with Crippen LogP contribution in [0.2, 0.25) is 5.02 Å². The molecular formula is C16H14ClN5O. The Hall–Kier alpha value is -2.86. The standard InChI is InChI=1S/C16H14ClN5O/c17-12-8-4-5-9-13(12)23-10-14-20-15(18)22-16(21-14)19-11-6-2-1-3-7-11/h1-9H,10H2,(H3,18,19,20,21,22). The molecule has 1 heterocycles. The van der Waals surface area contributed by atoms with E-state index in [2.05, 4.69) is 20.3 Å². The van der Waals surface area contributed by atoms with Gasteiger partial charge in [0.05, 0.1) is 5.02 Å². The fraction of sp³-hybridized carbons (Fsp3) is 0.0625. The molecule has 0 aliphatic carbocycles. The molecule has 3 rings (SSSR count). The van der Waals surface area contributed by atoms with Crippen molar-refractivity contribution in [1.82, 2.24) is 15.0 Å². The Morgan fingerprint density at radius 2 is 1.70 bits per heavy atom. The number of para-hydroxylation sites is 2. The van der Waals surface area contributed by atoms with Crippen molar-refractivity contribution in [1.29, 1.82) is 0 Å². The molecule has 0 amide bonds. The highest BCUT2D eigenvalue weighted by atomic mass is 35.5. The summed E-state index contributed by atoms with van der Waals surface area (Å²) in [6, 6.07) is 16.7. The lowest BCUT2D eigenvalue weighted by molar-refractivity contribution is 0.296. The number of aromatic nitrogens is 3. The lowest BCUT2D eigenvalue weighted by atomic mass is 10.3. The number of rotatable bonds is 5. The number of nitrogen functional groups attached to an aromatic ring is 1. The first kappa shape index (κ1) is 15.1. The van der Waals surface area contributed by atoms with Crippen LogP contribution in [0.1, 0.15) is 5.82 Å². The van der Waals surface area contributed by atoms with Crippen molar-refractivity contribution in [3.63, 3.8) is 0 Å². The van der Waals surface area contributed by atoms with Crippen LogP contribution >= 0.6 is 11.6 Å². The van der Waals surface area contributed by atoms with Crippen LogP contribution in [0.5, 0.6) is 5.75 Å². The molecule has 0 atom stereocenters. The van der Waals surface area contributed by atoms with Gasteiger partial charge < -0.3 is 15.8 Å². The molecule has 1 aromatic heterocycles. The first-order valence-electron chi connectivity index (χ1n) is 6.90. The Morgan fingerprint density at radius 3 is 2.48 bits per heavy atom. The van der Waals surface area contributed by atoms with Gasteiger partial charge in [-0.25, -0.2) is 0 Å². The average Bonchev–Trinajstić information content (AvgIpc) is 2.54. The van der Waals surface area contributed by atoms with E-state index in [-0.39, 0.29) is 12.6 Å². The molecule has 0 unspecified atom stereocenters. The van der Waals surface area contributed by atoms with Crippen LogP contribution in [0, 0.1) is 0 Å². The van der Waals surface area contributed by atoms with Gasteiger partial charge in [0.2, 0.25) is 11.9 Å². The number of nitrogens with one attached hydrogen (secondary N) is 1. The van der Waals surface area contributed by atoms with E-state index in [0.717, 1.165) is 5.69 Å². The Labute approximate surface area is 138 Å². The monoisotopic (exact) mass is 327 g/mol. The summed E-state index contributed by atoms with van der Waals surface area (Å²) in [6.45, 7) is 0.139. The number of anilines is 3. The fourth-order valence-electron chi connectivity index (χ4n) is 1.91. The fourth-order valence-corrected chi connectivity index (χ4v) is 2.10. The third-order valence-corrected chi connectivity index (χ3v) is 3.23. The van der Waals surface area contributed by atoms with Gasteiger partial charge in [-0.1, -0.05) is 41.9 Å². The van der Waals surface area contributed by atoms with Crippen molar-refractivity contribution in [2.45, 2.75) is 6.61 Å². The first-order valence-corrected chi connectivity index (χ1v) is 7.28. The molecule has 0 fully saturated rings. The van der Waals surface area contributed by atoms with Gasteiger partial charge >= 0.3 is 0 Å². The second-order valence-electron chi connectivity index (χ2n) is 4.64. The van der Waals surface area contributed by atoms with Crippen LogP contribution in [0.15, 0.2) is 54.6 Å². The second-order valence-corrected chi connectivity index (χ2v) is 5.05. The first-order chi connectivity index (χ1) is 11.2. The van der Waals surface area contributed by atoms with Crippen LogP contribution in [0.3, 0.4) is 0 Å². The van der Waals surface area contributed by atoms with E-state index in [9.17, 15) is 0 Å². The van der Waals surface area contributed by atoms with Gasteiger partial charge in [-0.15, -0.1) is 0 Å². The summed E-state index contributed by atoms with van der Waals surface area (Å²) in [5.41, 5.74) is 6.59. The van der Waals surface area contributed by atoms with Gasteiger partial charge in [0.25, 0.3) is 0 Å². The molecule has 23 heavy (non-hydrogen) atoms. The molecule has 7 heteroatoms. The van der Waals surface area contributed by atoms with Gasteiger partial charge in [0, 0.05) is 5.69 Å². The summed E-state index contributed by atoms with van der Waals surface area (Å²) in [5, 5.41) is 3.60. The molecule has 0 saturated carbocycles. The molecule has 3 aromatic rings. The smallest absolute Gasteiger partial charge is 0.232 e. The number of nitrogens with two attached hydrogens (primary N) is 1. The van der Waals surface area contributed by atoms with E-state index >= 15 is 0 Å². The molecule has 116 valence electrons. The molecule has 3 N–H and O–H groups in total. The molecule has 0 spiro atoms. The normalized spacial score (nSPS) is 10.3. The zero-order valence-corrected chi connectivity index (χ0v) is 12.9. The Balaban J connectivity index is 1.74. The van der Waals surface area contributed by atoms with Crippen LogP contribution in [0.4, 0.5) is 17.6 Å². The topological polar surface area (TPSA) is 86.0 Å². The summed E-state index contributed by atoms with van der Waals surface area (Å²) in [6.07, 6.45) is 0. The minimum atomic E-state index is 0.121. The molecule has 2 aromatic carbocycles. The van der Waals surface area contributed by atoms with Crippen LogP contribution in [0.25, 0.3) is 0 Å². The van der Waals surface area contributed by atoms with Crippen LogP contribution in [-0.4, -0.2) is 15.0 Å². The molecule has 6 nitrogen and oxygen atoms in total. The lowest BCUT2D eigenvalue weighted by Gasteiger charge is -2.09. The number of nitrogens with zero attached hydrogens (tertiary/aromatic N) is 3. The number of hydrogen-bond acceptors (Lipinski definition) is 6. The van der Waals surface area contributed by atoms with Crippen molar-refractivity contribution < 1.29 is 4.74 Å². The van der Waals surface area contributed by atoms with Gasteiger partial charge in [0.15, 0.2) is 5.82 Å². The molecule has 0 aliphatic heterocycles. The van der Waals surface area contributed by atoms with E-state index in [4.69, 9.17) is 22.1 Å². The van der Waals surface area contributed by atoms with E-state index in [0.29, 0.717) is 22.5 Å². The van der Waals surface area contributed by atoms with Gasteiger partial charge in [0.1, 0.15) is 12.4 Å². The van der Waals surface area contributed by atoms with Crippen molar-refractivity contribution in [2.75, 3.05) is 11.1 Å². The van der Waals surface area contributed by atoms with Crippen LogP contribution in [-0.2, 0) is 6.61 Å². The largest absolute Gasteiger partial charge is 0.484 e. The zero-order chi connectivity index (χ0) is 16.1. The number of benzene rings is 2. The van der Waals surface area contributed by atoms with Crippen molar-refractivity contribution >= 4 is 29.2 Å². The van der Waals surface area contributed by atoms with E-state index < -0.39 is 0 Å². The van der Waals surface area contributed by atoms with Crippen molar-refractivity contribution in [3.8, 4) is 5.75 Å². The summed E-state index contributed by atoms with van der Waals surface area (Å²) in [5.74, 6) is 1.46. The summed E-state index contributed by atoms with van der Waals surface area (Å²) < 4.78 is 5.61. The SMILES string of the molecule is Nc1nc(COc2ccccc2Cl)nc(Nc2ccccc2)n1. The highest BCUT2D eigenvalue weighted by molar-refractivity contribution is 6.32. The average molecular weight is 328 g/mol. The van der Waals surface area contributed by atoms with Crippen LogP contribution < -0.4 is 15.8 Å². The van der Waals surface area contributed by atoms with Gasteiger partial charge in [-0.05, 0) is 24.3 Å². The third kappa shape index (κ3) is 4.08. The highest BCUT2D eigenvalue weighted by Crippen LogP contribution is 2.24. The Bertz CT molecular complexity index is 797. The predicted molar refractivity (Wildman–Crippen MR) is 89.7 cm³/mol. The quantitative estimate of drug-likeness (QED) is 0.746. The second kappa shape index (κ2) is 6.93. The van der Waals surface area contributed by atoms with Gasteiger partial charge in [-0.3, -0.25) is 0 Å². The maximum Gasteiger partial charge on any atom is 0.232 e. The number of halogens is 1. The van der Waals surface area contributed by atoms with Crippen molar-refractivity contribution in [2.24, 2.45) is 0 Å². The maximum absolute atomic E-state index is 6.05. The third-order valence-electron chi connectivity index (χ3n) is 2.92. The lowest BCUT2D eigenvalue weighted by Crippen LogP contribution is -2.09. The summed E-state index contributed by atoms with van der Waals surface area (Å²) >= 11 is 6.05. The highest BCUT2D eigenvalue weighted by Gasteiger charge is 2.07. The minimum absolute atomic E-state index is 0.121. The van der Waals surface area contributed by atoms with E-state index in [1.54, 1.807) is 12.1 Å². The molecule has 0 saturated heterocycles. The number of ether oxygens (including phenoxy) is 1. The van der Waals surface area contributed by atoms with Crippen molar-refractivity contribution in [3.05, 3.63) is 65.4 Å². The summed E-state index contributed by atoms with van der Waals surface area (Å²) in [4.78, 5) is 12.4. The Kier molecular flexibility index (Phi) is 4.54. The molecular weight excluding hydrogens is 314 g/mol. The zero-order valence-electron chi connectivity index (χ0n) is 12.1. The van der Waals surface area contributed by atoms with E-state index in [1.165, 1.54) is 0 Å². The molecule has 0 radical (unpaired) electrons. The molecule has 0 aliphatic rings. The predicted octanol–water partition coefficient (Wildman–Crippen LogP) is 3.43. The summed E-state index contributed by atoms with van der Waals surface area (Å²) in [7, 11) is 0. The minimum Gasteiger partial charge on any atom is -0.484 e. The Morgan fingerprint density at radius 1 is 0.957 bits per heavy atom. The van der Waals surface area contributed by atoms with E-state index in [1.807, 2.05) is 42.5 Å². The van der Waals surface area contributed by atoms with Gasteiger partial charge in [-0.2, -0.15) is 15.0 Å². The maximum atomic E-state index is 6.05. The number of hydrogen-bond donors (Lipinski definition) is 2. The molecule has 0 bridgehead atoms.